The van der Waals surface area contributed by atoms with Crippen molar-refractivity contribution in [2.24, 2.45) is 5.73 Å². The van der Waals surface area contributed by atoms with Crippen LogP contribution >= 0.6 is 0 Å². The Bertz CT molecular complexity index is 1110. The Morgan fingerprint density at radius 2 is 1.71 bits per heavy atom. The van der Waals surface area contributed by atoms with Gasteiger partial charge in [0.05, 0.1) is 25.4 Å². The lowest BCUT2D eigenvalue weighted by Gasteiger charge is -2.13. The third-order valence-electron chi connectivity index (χ3n) is 5.36. The lowest BCUT2D eigenvalue weighted by molar-refractivity contribution is 0.356. The third-order valence-corrected chi connectivity index (χ3v) is 5.36. The van der Waals surface area contributed by atoms with E-state index in [0.29, 0.717) is 6.54 Å². The van der Waals surface area contributed by atoms with Gasteiger partial charge in [-0.05, 0) is 48.9 Å². The summed E-state index contributed by atoms with van der Waals surface area (Å²) in [6.07, 6.45) is 3.02. The molecule has 0 amide bonds. The molecule has 0 bridgehead atoms. The predicted octanol–water partition coefficient (Wildman–Crippen LogP) is 5.29. The molecule has 0 radical (unpaired) electrons. The lowest BCUT2D eigenvalue weighted by atomic mass is 9.98. The van der Waals surface area contributed by atoms with Crippen molar-refractivity contribution in [3.63, 3.8) is 0 Å². The highest BCUT2D eigenvalue weighted by atomic mass is 16.5. The van der Waals surface area contributed by atoms with Crippen molar-refractivity contribution in [3.05, 3.63) is 60.2 Å². The molecule has 0 unspecified atom stereocenters. The van der Waals surface area contributed by atoms with Gasteiger partial charge < -0.3 is 20.2 Å². The van der Waals surface area contributed by atoms with Gasteiger partial charge in [0, 0.05) is 16.3 Å². The number of nitrogens with two attached hydrogens (primary N) is 1. The van der Waals surface area contributed by atoms with E-state index in [1.54, 1.807) is 14.2 Å². The molecule has 28 heavy (non-hydrogen) atoms. The molecule has 0 atom stereocenters. The van der Waals surface area contributed by atoms with Crippen molar-refractivity contribution >= 4 is 21.7 Å². The molecule has 0 fully saturated rings. The van der Waals surface area contributed by atoms with Crippen molar-refractivity contribution in [2.45, 2.75) is 19.3 Å². The maximum atomic E-state index is 5.74. The highest BCUT2D eigenvalue weighted by Crippen LogP contribution is 2.42. The monoisotopic (exact) mass is 374 g/mol. The number of nitrogens with one attached hydrogen (secondary N) is 1. The first-order chi connectivity index (χ1) is 13.8. The van der Waals surface area contributed by atoms with E-state index in [9.17, 15) is 0 Å². The molecule has 0 aliphatic carbocycles. The van der Waals surface area contributed by atoms with Crippen LogP contribution in [0.1, 0.15) is 18.4 Å². The van der Waals surface area contributed by atoms with E-state index in [0.717, 1.165) is 42.0 Å². The van der Waals surface area contributed by atoms with Gasteiger partial charge in [-0.1, -0.05) is 42.5 Å². The Balaban J connectivity index is 1.99. The number of aromatic nitrogens is 1. The number of fused-ring (bicyclic) bond motifs is 3. The second-order valence-corrected chi connectivity index (χ2v) is 6.97. The summed E-state index contributed by atoms with van der Waals surface area (Å²) in [5.41, 5.74) is 10.3. The summed E-state index contributed by atoms with van der Waals surface area (Å²) >= 11 is 0. The quantitative estimate of drug-likeness (QED) is 0.432. The first-order valence-electron chi connectivity index (χ1n) is 9.72. The first-order valence-corrected chi connectivity index (χ1v) is 9.72. The minimum Gasteiger partial charge on any atom is -0.493 e. The molecule has 4 nitrogen and oxygen atoms in total. The largest absolute Gasteiger partial charge is 0.493 e. The van der Waals surface area contributed by atoms with E-state index in [1.807, 2.05) is 12.1 Å². The zero-order valence-electron chi connectivity index (χ0n) is 16.4. The van der Waals surface area contributed by atoms with E-state index in [1.165, 1.54) is 27.2 Å². The average molecular weight is 374 g/mol. The molecule has 3 N–H and O–H groups in total. The summed E-state index contributed by atoms with van der Waals surface area (Å²) in [5.74, 6) is 1.48. The smallest absolute Gasteiger partial charge is 0.170 e. The number of rotatable bonds is 7. The molecule has 0 saturated heterocycles. The van der Waals surface area contributed by atoms with Crippen LogP contribution in [0.3, 0.4) is 0 Å². The maximum absolute atomic E-state index is 5.74. The first kappa shape index (κ1) is 18.4. The highest BCUT2D eigenvalue weighted by molar-refractivity contribution is 6.09. The zero-order valence-corrected chi connectivity index (χ0v) is 16.4. The Hall–Kier alpha value is -2.98. The molecule has 0 spiro atoms. The molecular formula is C24H26N2O2. The minimum atomic E-state index is 0.711. The molecule has 1 heterocycles. The normalized spacial score (nSPS) is 11.2. The molecular weight excluding hydrogens is 348 g/mol. The van der Waals surface area contributed by atoms with Gasteiger partial charge in [0.25, 0.3) is 0 Å². The van der Waals surface area contributed by atoms with Gasteiger partial charge in [0.1, 0.15) is 0 Å². The number of methoxy groups -OCH3 is 2. The minimum absolute atomic E-state index is 0.711. The topological polar surface area (TPSA) is 60.3 Å². The average Bonchev–Trinajstić information content (AvgIpc) is 3.12. The van der Waals surface area contributed by atoms with Gasteiger partial charge in [-0.2, -0.15) is 0 Å². The molecule has 4 rings (SSSR count). The number of aromatic amines is 1. The van der Waals surface area contributed by atoms with E-state index < -0.39 is 0 Å². The van der Waals surface area contributed by atoms with Crippen LogP contribution in [-0.4, -0.2) is 25.7 Å². The Morgan fingerprint density at radius 1 is 0.857 bits per heavy atom. The van der Waals surface area contributed by atoms with Crippen LogP contribution in [0.4, 0.5) is 0 Å². The Kier molecular flexibility index (Phi) is 5.22. The molecule has 1 aromatic heterocycles. The Labute approximate surface area is 165 Å². The fraction of sp³-hybridized carbons (Fsp3) is 0.250. The third kappa shape index (κ3) is 3.10. The van der Waals surface area contributed by atoms with Gasteiger partial charge >= 0.3 is 0 Å². The molecule has 144 valence electrons. The van der Waals surface area contributed by atoms with Gasteiger partial charge in [-0.3, -0.25) is 0 Å². The van der Waals surface area contributed by atoms with Gasteiger partial charge in [0.15, 0.2) is 11.5 Å². The summed E-state index contributed by atoms with van der Waals surface area (Å²) in [4.78, 5) is 3.71. The van der Waals surface area contributed by atoms with Crippen molar-refractivity contribution < 1.29 is 9.47 Å². The summed E-state index contributed by atoms with van der Waals surface area (Å²) < 4.78 is 11.2. The summed E-state index contributed by atoms with van der Waals surface area (Å²) in [6, 6.07) is 18.9. The molecule has 0 aliphatic heterocycles. The second-order valence-electron chi connectivity index (χ2n) is 6.97. The SMILES string of the molecule is COc1cccc(-c2[nH]c3c(ccc4ccccc43)c2CCCCN)c1OC. The van der Waals surface area contributed by atoms with Crippen LogP contribution in [0.25, 0.3) is 32.9 Å². The van der Waals surface area contributed by atoms with Crippen LogP contribution in [-0.2, 0) is 6.42 Å². The molecule has 4 heteroatoms. The van der Waals surface area contributed by atoms with Crippen LogP contribution in [0.15, 0.2) is 54.6 Å². The summed E-state index contributed by atoms with van der Waals surface area (Å²) in [5, 5.41) is 3.72. The standard InChI is InChI=1S/C24H26N2O2/c1-27-21-12-7-11-20(24(21)28-2)23-18(10-5-6-15-25)19-14-13-16-8-3-4-9-17(16)22(19)26-23/h3-4,7-9,11-14,26H,5-6,10,15,25H2,1-2H3. The number of hydrogen-bond acceptors (Lipinski definition) is 3. The zero-order chi connectivity index (χ0) is 19.5. The summed E-state index contributed by atoms with van der Waals surface area (Å²) in [6.45, 7) is 0.711. The second kappa shape index (κ2) is 7.95. The number of unbranched alkanes of at least 4 members (excludes halogenated alkanes) is 1. The number of aryl methyl sites for hydroxylation is 1. The fourth-order valence-electron chi connectivity index (χ4n) is 4.01. The van der Waals surface area contributed by atoms with Crippen molar-refractivity contribution in [1.82, 2.24) is 4.98 Å². The number of para-hydroxylation sites is 1. The van der Waals surface area contributed by atoms with E-state index in [2.05, 4.69) is 47.4 Å². The van der Waals surface area contributed by atoms with Crippen molar-refractivity contribution in [1.29, 1.82) is 0 Å². The number of H-pyrrole nitrogens is 1. The molecule has 3 aromatic carbocycles. The predicted molar refractivity (Wildman–Crippen MR) is 116 cm³/mol. The van der Waals surface area contributed by atoms with Crippen molar-refractivity contribution in [3.8, 4) is 22.8 Å². The van der Waals surface area contributed by atoms with Crippen LogP contribution in [0.5, 0.6) is 11.5 Å². The van der Waals surface area contributed by atoms with Gasteiger partial charge in [0.2, 0.25) is 0 Å². The summed E-state index contributed by atoms with van der Waals surface area (Å²) in [7, 11) is 3.36. The van der Waals surface area contributed by atoms with Crippen molar-refractivity contribution in [2.75, 3.05) is 20.8 Å². The molecule has 0 saturated carbocycles. The van der Waals surface area contributed by atoms with Crippen LogP contribution in [0, 0.1) is 0 Å². The number of benzene rings is 3. The highest BCUT2D eigenvalue weighted by Gasteiger charge is 2.19. The van der Waals surface area contributed by atoms with E-state index in [4.69, 9.17) is 15.2 Å². The Morgan fingerprint density at radius 3 is 2.50 bits per heavy atom. The fourth-order valence-corrected chi connectivity index (χ4v) is 4.01. The van der Waals surface area contributed by atoms with Gasteiger partial charge in [-0.25, -0.2) is 0 Å². The number of ether oxygens (including phenoxy) is 2. The molecule has 0 aliphatic rings. The van der Waals surface area contributed by atoms with E-state index in [-0.39, 0.29) is 0 Å². The maximum Gasteiger partial charge on any atom is 0.170 e. The molecule has 4 aromatic rings. The van der Waals surface area contributed by atoms with Gasteiger partial charge in [-0.15, -0.1) is 0 Å². The lowest BCUT2D eigenvalue weighted by Crippen LogP contribution is -2.00. The van der Waals surface area contributed by atoms with Crippen LogP contribution in [0.2, 0.25) is 0 Å². The number of hydrogen-bond donors (Lipinski definition) is 2. The van der Waals surface area contributed by atoms with Crippen LogP contribution < -0.4 is 15.2 Å². The van der Waals surface area contributed by atoms with E-state index >= 15 is 0 Å².